The van der Waals surface area contributed by atoms with E-state index < -0.39 is 0 Å². The zero-order chi connectivity index (χ0) is 12.5. The second kappa shape index (κ2) is 4.71. The second-order valence-electron chi connectivity index (χ2n) is 3.94. The van der Waals surface area contributed by atoms with Gasteiger partial charge in [0, 0.05) is 26.7 Å². The lowest BCUT2D eigenvalue weighted by molar-refractivity contribution is 0.103. The highest BCUT2D eigenvalue weighted by atomic mass is 32.2. The molecule has 0 saturated heterocycles. The molecular formula is C14H9FOS2. The van der Waals surface area contributed by atoms with E-state index in [2.05, 4.69) is 0 Å². The molecule has 1 aromatic carbocycles. The molecule has 2 aromatic rings. The Morgan fingerprint density at radius 2 is 2.17 bits per heavy atom. The number of hydrogen-bond donors (Lipinski definition) is 0. The van der Waals surface area contributed by atoms with E-state index in [1.807, 2.05) is 23.6 Å². The zero-order valence-corrected chi connectivity index (χ0v) is 11.0. The number of halogens is 1. The molecule has 2 heterocycles. The fraction of sp³-hybridized carbons (Fsp3) is 0.0714. The molecule has 0 saturated carbocycles. The van der Waals surface area contributed by atoms with Gasteiger partial charge in [-0.2, -0.15) is 0 Å². The van der Waals surface area contributed by atoms with Crippen LogP contribution in [-0.2, 0) is 0 Å². The number of benzene rings is 1. The smallest absolute Gasteiger partial charge is 0.191 e. The van der Waals surface area contributed by atoms with Crippen LogP contribution in [0.1, 0.15) is 15.2 Å². The Balaban J connectivity index is 2.01. The van der Waals surface area contributed by atoms with E-state index in [4.69, 9.17) is 0 Å². The maximum Gasteiger partial charge on any atom is 0.191 e. The van der Waals surface area contributed by atoms with Gasteiger partial charge in [-0.3, -0.25) is 4.79 Å². The fourth-order valence-electron chi connectivity index (χ4n) is 1.85. The van der Waals surface area contributed by atoms with Crippen molar-refractivity contribution in [3.8, 4) is 0 Å². The predicted octanol–water partition coefficient (Wildman–Crippen LogP) is 4.26. The summed E-state index contributed by atoms with van der Waals surface area (Å²) in [7, 11) is 0. The van der Waals surface area contributed by atoms with Gasteiger partial charge in [0.05, 0.1) is 0 Å². The van der Waals surface area contributed by atoms with E-state index in [0.29, 0.717) is 11.3 Å². The summed E-state index contributed by atoms with van der Waals surface area (Å²) in [6.45, 7) is 0. The summed E-state index contributed by atoms with van der Waals surface area (Å²) in [4.78, 5) is 14.2. The second-order valence-corrected chi connectivity index (χ2v) is 5.94. The van der Waals surface area contributed by atoms with Crippen LogP contribution in [0.2, 0.25) is 0 Å². The number of rotatable bonds is 1. The van der Waals surface area contributed by atoms with Crippen LogP contribution in [0.3, 0.4) is 0 Å². The Bertz CT molecular complexity index is 629. The number of Topliss-reactive ketones (excluding diaryl/α,β-unsaturated/α-hetero) is 1. The first-order valence-electron chi connectivity index (χ1n) is 5.45. The van der Waals surface area contributed by atoms with Gasteiger partial charge in [0.25, 0.3) is 0 Å². The Morgan fingerprint density at radius 3 is 2.94 bits per heavy atom. The topological polar surface area (TPSA) is 17.1 Å². The van der Waals surface area contributed by atoms with Crippen molar-refractivity contribution in [1.82, 2.24) is 0 Å². The van der Waals surface area contributed by atoms with Crippen molar-refractivity contribution in [3.63, 3.8) is 0 Å². The van der Waals surface area contributed by atoms with Crippen LogP contribution < -0.4 is 0 Å². The van der Waals surface area contributed by atoms with E-state index in [-0.39, 0.29) is 11.6 Å². The first-order valence-corrected chi connectivity index (χ1v) is 7.32. The molecule has 0 radical (unpaired) electrons. The Labute approximate surface area is 112 Å². The lowest BCUT2D eigenvalue weighted by atomic mass is 10.0. The Morgan fingerprint density at radius 1 is 1.28 bits per heavy atom. The van der Waals surface area contributed by atoms with E-state index in [1.54, 1.807) is 29.2 Å². The molecule has 4 heteroatoms. The number of carbonyl (C=O) groups is 1. The Kier molecular flexibility index (Phi) is 3.06. The van der Waals surface area contributed by atoms with E-state index >= 15 is 0 Å². The molecule has 1 aromatic heterocycles. The van der Waals surface area contributed by atoms with E-state index in [0.717, 1.165) is 15.3 Å². The van der Waals surface area contributed by atoms with Crippen molar-refractivity contribution in [3.05, 3.63) is 57.5 Å². The third-order valence-electron chi connectivity index (χ3n) is 2.72. The van der Waals surface area contributed by atoms with Crippen LogP contribution in [0.5, 0.6) is 0 Å². The third-order valence-corrected chi connectivity index (χ3v) is 4.66. The fourth-order valence-corrected chi connectivity index (χ4v) is 3.53. The molecule has 0 atom stereocenters. The quantitative estimate of drug-likeness (QED) is 0.724. The maximum absolute atomic E-state index is 13.2. The molecule has 0 N–H and O–H groups in total. The van der Waals surface area contributed by atoms with Crippen molar-refractivity contribution in [2.24, 2.45) is 0 Å². The van der Waals surface area contributed by atoms with Crippen molar-refractivity contribution in [2.75, 3.05) is 5.75 Å². The third kappa shape index (κ3) is 2.13. The minimum atomic E-state index is -0.361. The molecule has 1 aliphatic rings. The molecule has 1 nitrogen and oxygen atoms in total. The standard InChI is InChI=1S/C14H9FOS2/c15-10-3-4-13-12(7-10)14(16)9(8-18-13)6-11-2-1-5-17-11/h1-7H,8H2. The summed E-state index contributed by atoms with van der Waals surface area (Å²) in [5.74, 6) is 0.228. The average molecular weight is 276 g/mol. The molecule has 0 amide bonds. The highest BCUT2D eigenvalue weighted by Gasteiger charge is 2.22. The van der Waals surface area contributed by atoms with Crippen LogP contribution in [0.25, 0.3) is 6.08 Å². The van der Waals surface area contributed by atoms with Crippen LogP contribution in [0.4, 0.5) is 4.39 Å². The number of fused-ring (bicyclic) bond motifs is 1. The molecule has 0 fully saturated rings. The van der Waals surface area contributed by atoms with Gasteiger partial charge in [-0.15, -0.1) is 23.1 Å². The molecule has 0 aliphatic carbocycles. The maximum atomic E-state index is 13.2. The largest absolute Gasteiger partial charge is 0.289 e. The van der Waals surface area contributed by atoms with Gasteiger partial charge < -0.3 is 0 Å². The zero-order valence-electron chi connectivity index (χ0n) is 9.35. The van der Waals surface area contributed by atoms with Gasteiger partial charge in [0.15, 0.2) is 5.78 Å². The van der Waals surface area contributed by atoms with Gasteiger partial charge in [0.1, 0.15) is 5.82 Å². The number of carbonyl (C=O) groups excluding carboxylic acids is 1. The number of thiophene rings is 1. The number of ketones is 1. The molecular weight excluding hydrogens is 267 g/mol. The van der Waals surface area contributed by atoms with Crippen molar-refractivity contribution >= 4 is 35.0 Å². The SMILES string of the molecule is O=C1C(=Cc2cccs2)CSc2ccc(F)cc21. The van der Waals surface area contributed by atoms with Crippen LogP contribution in [0.15, 0.2) is 46.2 Å². The predicted molar refractivity (Wildman–Crippen MR) is 73.8 cm³/mol. The highest BCUT2D eigenvalue weighted by molar-refractivity contribution is 7.99. The number of hydrogen-bond acceptors (Lipinski definition) is 3. The Hall–Kier alpha value is -1.39. The summed E-state index contributed by atoms with van der Waals surface area (Å²) in [5, 5.41) is 1.97. The summed E-state index contributed by atoms with van der Waals surface area (Å²) in [6, 6.07) is 8.32. The minimum absolute atomic E-state index is 0.0587. The molecule has 0 bridgehead atoms. The molecule has 90 valence electrons. The lowest BCUT2D eigenvalue weighted by Gasteiger charge is -2.16. The van der Waals surface area contributed by atoms with E-state index in [9.17, 15) is 9.18 Å². The van der Waals surface area contributed by atoms with Crippen LogP contribution in [0, 0.1) is 5.82 Å². The average Bonchev–Trinajstić information content (AvgIpc) is 2.86. The molecule has 1 aliphatic heterocycles. The molecule has 3 rings (SSSR count). The normalized spacial score (nSPS) is 16.9. The summed E-state index contributed by atoms with van der Waals surface area (Å²) in [5.41, 5.74) is 1.22. The summed E-state index contributed by atoms with van der Waals surface area (Å²) in [6.07, 6.45) is 1.90. The van der Waals surface area contributed by atoms with Gasteiger partial charge in [-0.05, 0) is 35.7 Å². The lowest BCUT2D eigenvalue weighted by Crippen LogP contribution is -2.12. The van der Waals surface area contributed by atoms with Gasteiger partial charge >= 0.3 is 0 Å². The molecule has 0 spiro atoms. The minimum Gasteiger partial charge on any atom is -0.289 e. The first kappa shape index (κ1) is 11.7. The van der Waals surface area contributed by atoms with Crippen molar-refractivity contribution in [1.29, 1.82) is 0 Å². The molecule has 0 unspecified atom stereocenters. The van der Waals surface area contributed by atoms with Crippen LogP contribution >= 0.6 is 23.1 Å². The van der Waals surface area contributed by atoms with Gasteiger partial charge in [-0.1, -0.05) is 6.07 Å². The molecule has 18 heavy (non-hydrogen) atoms. The highest BCUT2D eigenvalue weighted by Crippen LogP contribution is 2.34. The summed E-state index contributed by atoms with van der Waals surface area (Å²) >= 11 is 3.17. The van der Waals surface area contributed by atoms with Gasteiger partial charge in [0.2, 0.25) is 0 Å². The first-order chi connectivity index (χ1) is 8.74. The van der Waals surface area contributed by atoms with E-state index in [1.165, 1.54) is 12.1 Å². The number of thioether (sulfide) groups is 1. The monoisotopic (exact) mass is 276 g/mol. The van der Waals surface area contributed by atoms with Crippen LogP contribution in [-0.4, -0.2) is 11.5 Å². The summed E-state index contributed by atoms with van der Waals surface area (Å²) < 4.78 is 13.2. The van der Waals surface area contributed by atoms with Crippen molar-refractivity contribution in [2.45, 2.75) is 4.90 Å². The van der Waals surface area contributed by atoms with Gasteiger partial charge in [-0.25, -0.2) is 4.39 Å². The van der Waals surface area contributed by atoms with Crippen molar-refractivity contribution < 1.29 is 9.18 Å².